The minimum absolute atomic E-state index is 0.468. The standard InChI is InChI=1S/C40H38/c1-19-20(2)22(4)37-32(21(19)3)18-34-38(37)26(8)24(6)35-23(5)25(7)36(40(34)35)31-16-14-27-13-15-30-29-12-10-9-11-28(29)17-33(30)39(27)31/h9-13,15,17-18,27,31H,14,16H2,1-8H3. The van der Waals surface area contributed by atoms with Gasteiger partial charge in [-0.15, -0.1) is 0 Å². The molecule has 0 bridgehead atoms. The summed E-state index contributed by atoms with van der Waals surface area (Å²) in [6.07, 6.45) is 12.5. The van der Waals surface area contributed by atoms with Crippen LogP contribution in [0.4, 0.5) is 0 Å². The normalized spacial score (nSPS) is 21.3. The van der Waals surface area contributed by atoms with E-state index in [0.717, 1.165) is 0 Å². The maximum Gasteiger partial charge on any atom is 0.00727 e. The third-order valence-corrected chi connectivity index (χ3v) is 11.5. The quantitative estimate of drug-likeness (QED) is 0.259. The first-order valence-electron chi connectivity index (χ1n) is 15.1. The Morgan fingerprint density at radius 3 is 2.12 bits per heavy atom. The Bertz CT molecular complexity index is 2120. The van der Waals surface area contributed by atoms with E-state index in [0.29, 0.717) is 11.8 Å². The monoisotopic (exact) mass is 518 g/mol. The van der Waals surface area contributed by atoms with Crippen LogP contribution in [0.25, 0.3) is 40.0 Å². The Hall–Kier alpha value is -3.64. The van der Waals surface area contributed by atoms with E-state index in [-0.39, 0.29) is 0 Å². The van der Waals surface area contributed by atoms with Crippen LogP contribution in [-0.4, -0.2) is 0 Å². The minimum atomic E-state index is 0.468. The van der Waals surface area contributed by atoms with Crippen molar-refractivity contribution in [3.63, 3.8) is 0 Å². The zero-order valence-corrected chi connectivity index (χ0v) is 25.2. The van der Waals surface area contributed by atoms with Gasteiger partial charge in [-0.3, -0.25) is 0 Å². The lowest BCUT2D eigenvalue weighted by Gasteiger charge is -2.24. The molecule has 0 aliphatic heterocycles. The van der Waals surface area contributed by atoms with Crippen LogP contribution in [-0.2, 0) is 0 Å². The van der Waals surface area contributed by atoms with Gasteiger partial charge in [0.2, 0.25) is 0 Å². The molecule has 0 N–H and O–H groups in total. The number of allylic oxidation sites excluding steroid dienone is 6. The van der Waals surface area contributed by atoms with E-state index in [1.54, 1.807) is 16.4 Å². The Labute approximate surface area is 238 Å². The Morgan fingerprint density at radius 2 is 1.32 bits per heavy atom. The predicted molar refractivity (Wildman–Crippen MR) is 171 cm³/mol. The first kappa shape index (κ1) is 24.2. The highest BCUT2D eigenvalue weighted by Crippen LogP contribution is 2.51. The molecule has 0 spiro atoms. The number of hydrogen-bond donors (Lipinski definition) is 0. The predicted octanol–water partition coefficient (Wildman–Crippen LogP) is 6.84. The van der Waals surface area contributed by atoms with Crippen LogP contribution in [0.3, 0.4) is 0 Å². The fourth-order valence-corrected chi connectivity index (χ4v) is 8.92. The summed E-state index contributed by atoms with van der Waals surface area (Å²) in [5.74, 6) is 1.02. The van der Waals surface area contributed by atoms with Gasteiger partial charge in [-0.05, 0) is 196 Å². The number of rotatable bonds is 1. The summed E-state index contributed by atoms with van der Waals surface area (Å²) in [5.41, 5.74) is 23.9. The average Bonchev–Trinajstić information content (AvgIpc) is 3.70. The van der Waals surface area contributed by atoms with E-state index in [4.69, 9.17) is 0 Å². The van der Waals surface area contributed by atoms with Crippen molar-refractivity contribution >= 4 is 28.9 Å². The van der Waals surface area contributed by atoms with Gasteiger partial charge in [0, 0.05) is 5.92 Å². The zero-order valence-electron chi connectivity index (χ0n) is 25.2. The summed E-state index contributed by atoms with van der Waals surface area (Å²) >= 11 is 0. The molecule has 1 saturated carbocycles. The van der Waals surface area contributed by atoms with Gasteiger partial charge in [0.1, 0.15) is 0 Å². The lowest BCUT2D eigenvalue weighted by molar-refractivity contribution is 0.743. The van der Waals surface area contributed by atoms with Crippen molar-refractivity contribution in [3.8, 4) is 11.1 Å². The molecule has 1 fully saturated rings. The highest BCUT2D eigenvalue weighted by Gasteiger charge is 2.40. The van der Waals surface area contributed by atoms with Gasteiger partial charge in [-0.25, -0.2) is 0 Å². The fourth-order valence-electron chi connectivity index (χ4n) is 8.92. The molecule has 198 valence electrons. The highest BCUT2D eigenvalue weighted by molar-refractivity contribution is 5.98. The van der Waals surface area contributed by atoms with Crippen LogP contribution < -0.4 is 20.9 Å². The smallest absolute Gasteiger partial charge is 0.00727 e. The first-order chi connectivity index (χ1) is 19.2. The van der Waals surface area contributed by atoms with Crippen LogP contribution >= 0.6 is 0 Å². The second-order valence-corrected chi connectivity index (χ2v) is 13.0. The van der Waals surface area contributed by atoms with Crippen molar-refractivity contribution < 1.29 is 0 Å². The van der Waals surface area contributed by atoms with Crippen molar-refractivity contribution in [2.45, 2.75) is 68.2 Å². The maximum absolute atomic E-state index is 2.57. The molecule has 0 saturated heterocycles. The summed E-state index contributed by atoms with van der Waals surface area (Å²) in [5, 5.41) is 5.81. The van der Waals surface area contributed by atoms with Crippen molar-refractivity contribution in [1.82, 2.24) is 0 Å². The van der Waals surface area contributed by atoms with Gasteiger partial charge < -0.3 is 0 Å². The fraction of sp³-hybridized carbons (Fsp3) is 0.300. The highest BCUT2D eigenvalue weighted by atomic mass is 14.4. The maximum atomic E-state index is 2.57. The van der Waals surface area contributed by atoms with Crippen LogP contribution in [0.2, 0.25) is 0 Å². The second-order valence-electron chi connectivity index (χ2n) is 13.0. The number of fused-ring (bicyclic) bond motifs is 8. The molecule has 5 aliphatic carbocycles. The molecule has 2 atom stereocenters. The van der Waals surface area contributed by atoms with E-state index in [1.807, 2.05) is 0 Å². The third kappa shape index (κ3) is 2.78. The van der Waals surface area contributed by atoms with Gasteiger partial charge in [-0.1, -0.05) is 36.4 Å². The van der Waals surface area contributed by atoms with E-state index in [1.165, 1.54) is 106 Å². The molecule has 0 nitrogen and oxygen atoms in total. The summed E-state index contributed by atoms with van der Waals surface area (Å²) in [4.78, 5) is 0. The molecule has 2 unspecified atom stereocenters. The molecule has 3 aromatic carbocycles. The largest absolute Gasteiger partial charge is 0.0767 e. The molecule has 5 aliphatic rings. The SMILES string of the molecule is CC1=C(C)c2c(C)c(C)c3c(c2=C1C1CCC2C=CC4=c5ccccc5=CC4=C21)=Cc1c(C)c(C)c(C)c(C)c1-3. The summed E-state index contributed by atoms with van der Waals surface area (Å²) < 4.78 is 0. The van der Waals surface area contributed by atoms with Gasteiger partial charge >= 0.3 is 0 Å². The Kier molecular flexibility index (Phi) is 4.82. The lowest BCUT2D eigenvalue weighted by Crippen LogP contribution is -2.33. The van der Waals surface area contributed by atoms with Gasteiger partial charge in [0.25, 0.3) is 0 Å². The lowest BCUT2D eigenvalue weighted by atomic mass is 9.79. The van der Waals surface area contributed by atoms with Crippen LogP contribution in [0.5, 0.6) is 0 Å². The van der Waals surface area contributed by atoms with Crippen molar-refractivity contribution in [3.05, 3.63) is 119 Å². The number of benzene rings is 3. The Morgan fingerprint density at radius 1 is 0.625 bits per heavy atom. The van der Waals surface area contributed by atoms with Crippen molar-refractivity contribution in [2.75, 3.05) is 0 Å². The average molecular weight is 519 g/mol. The van der Waals surface area contributed by atoms with Crippen molar-refractivity contribution in [2.24, 2.45) is 11.8 Å². The van der Waals surface area contributed by atoms with Crippen LogP contribution in [0, 0.1) is 53.4 Å². The summed E-state index contributed by atoms with van der Waals surface area (Å²) in [6, 6.07) is 8.96. The van der Waals surface area contributed by atoms with E-state index in [9.17, 15) is 0 Å². The molecular formula is C40H38. The topological polar surface area (TPSA) is 0 Å². The first-order valence-corrected chi connectivity index (χ1v) is 15.1. The molecule has 0 heteroatoms. The summed E-state index contributed by atoms with van der Waals surface area (Å²) in [6.45, 7) is 18.8. The van der Waals surface area contributed by atoms with Gasteiger partial charge in [0.15, 0.2) is 0 Å². The third-order valence-electron chi connectivity index (χ3n) is 11.5. The molecule has 3 aromatic rings. The van der Waals surface area contributed by atoms with Gasteiger partial charge in [0.05, 0.1) is 0 Å². The van der Waals surface area contributed by atoms with E-state index >= 15 is 0 Å². The van der Waals surface area contributed by atoms with E-state index in [2.05, 4.69) is 104 Å². The van der Waals surface area contributed by atoms with Crippen molar-refractivity contribution in [1.29, 1.82) is 0 Å². The summed E-state index contributed by atoms with van der Waals surface area (Å²) in [7, 11) is 0. The van der Waals surface area contributed by atoms with Crippen LogP contribution in [0.15, 0.2) is 53.1 Å². The molecular weight excluding hydrogens is 480 g/mol. The minimum Gasteiger partial charge on any atom is -0.0767 e. The Balaban J connectivity index is 1.49. The number of hydrogen-bond acceptors (Lipinski definition) is 0. The molecule has 0 radical (unpaired) electrons. The molecule has 0 heterocycles. The molecule has 0 amide bonds. The zero-order chi connectivity index (χ0) is 27.8. The second kappa shape index (κ2) is 7.97. The molecule has 0 aromatic heterocycles. The molecule has 40 heavy (non-hydrogen) atoms. The van der Waals surface area contributed by atoms with Crippen LogP contribution in [0.1, 0.15) is 71.2 Å². The van der Waals surface area contributed by atoms with E-state index < -0.39 is 0 Å². The van der Waals surface area contributed by atoms with Gasteiger partial charge in [-0.2, -0.15) is 0 Å². The molecule has 8 rings (SSSR count).